The van der Waals surface area contributed by atoms with Crippen LogP contribution in [0.3, 0.4) is 0 Å². The van der Waals surface area contributed by atoms with E-state index in [0.717, 1.165) is 0 Å². The molecule has 0 saturated carbocycles. The number of nitrogens with zero attached hydrogens (tertiary/aromatic N) is 1. The van der Waals surface area contributed by atoms with Gasteiger partial charge in [0.05, 0.1) is 4.92 Å². The van der Waals surface area contributed by atoms with Crippen molar-refractivity contribution in [3.63, 3.8) is 0 Å². The summed E-state index contributed by atoms with van der Waals surface area (Å²) in [5.74, 6) is 0.185. The average Bonchev–Trinajstić information content (AvgIpc) is 2.77. The molecule has 1 heterocycles. The maximum absolute atomic E-state index is 10.7. The van der Waals surface area contributed by atoms with Crippen LogP contribution in [0.15, 0.2) is 40.8 Å². The standard InChI is InChI=1S/C11H7NO5/c13-7-8-5-6-11(16-8)17-10-4-2-1-3-9(10)12(14)15/h1-7H. The van der Waals surface area contributed by atoms with Crippen molar-refractivity contribution >= 4 is 12.0 Å². The Morgan fingerprint density at radius 2 is 2.00 bits per heavy atom. The molecule has 0 unspecified atom stereocenters. The third-order valence-corrected chi connectivity index (χ3v) is 1.99. The van der Waals surface area contributed by atoms with Gasteiger partial charge >= 0.3 is 5.69 Å². The van der Waals surface area contributed by atoms with Gasteiger partial charge in [0.15, 0.2) is 12.0 Å². The molecule has 0 radical (unpaired) electrons. The van der Waals surface area contributed by atoms with E-state index in [9.17, 15) is 14.9 Å². The molecule has 2 rings (SSSR count). The minimum absolute atomic E-state index is 0.0291. The highest BCUT2D eigenvalue weighted by Crippen LogP contribution is 2.31. The summed E-state index contributed by atoms with van der Waals surface area (Å²) in [6, 6.07) is 8.73. The molecule has 0 saturated heterocycles. The number of hydrogen-bond donors (Lipinski definition) is 0. The number of furan rings is 1. The van der Waals surface area contributed by atoms with Gasteiger partial charge in [0.25, 0.3) is 5.95 Å². The van der Waals surface area contributed by atoms with Crippen LogP contribution in [0.4, 0.5) is 5.69 Å². The highest BCUT2D eigenvalue weighted by Gasteiger charge is 2.15. The SMILES string of the molecule is O=Cc1ccc(Oc2ccccc2[N+](=O)[O-])o1. The highest BCUT2D eigenvalue weighted by molar-refractivity contribution is 5.70. The van der Waals surface area contributed by atoms with Crippen LogP contribution < -0.4 is 4.74 Å². The number of carbonyl (C=O) groups is 1. The molecule has 0 aliphatic heterocycles. The van der Waals surface area contributed by atoms with E-state index in [2.05, 4.69) is 0 Å². The van der Waals surface area contributed by atoms with Crippen LogP contribution in [0, 0.1) is 10.1 Å². The summed E-state index contributed by atoms with van der Waals surface area (Å²) in [5.41, 5.74) is -0.170. The van der Waals surface area contributed by atoms with Crippen LogP contribution in [-0.4, -0.2) is 11.2 Å². The lowest BCUT2D eigenvalue weighted by Crippen LogP contribution is -1.92. The molecule has 0 aliphatic carbocycles. The number of nitro benzene ring substituents is 1. The summed E-state index contributed by atoms with van der Waals surface area (Å²) in [6.45, 7) is 0. The number of hydrogen-bond acceptors (Lipinski definition) is 5. The summed E-state index contributed by atoms with van der Waals surface area (Å²) in [4.78, 5) is 20.5. The van der Waals surface area contributed by atoms with Gasteiger partial charge in [-0.2, -0.15) is 0 Å². The lowest BCUT2D eigenvalue weighted by Gasteiger charge is -2.01. The second-order valence-electron chi connectivity index (χ2n) is 3.10. The van der Waals surface area contributed by atoms with Crippen LogP contribution in [0.25, 0.3) is 0 Å². The van der Waals surface area contributed by atoms with Gasteiger partial charge in [-0.3, -0.25) is 14.9 Å². The Morgan fingerprint density at radius 1 is 1.24 bits per heavy atom. The molecule has 0 bridgehead atoms. The number of nitro groups is 1. The second-order valence-corrected chi connectivity index (χ2v) is 3.10. The molecule has 1 aromatic heterocycles. The fourth-order valence-electron chi connectivity index (χ4n) is 1.26. The minimum atomic E-state index is -0.557. The van der Waals surface area contributed by atoms with E-state index in [-0.39, 0.29) is 23.1 Å². The summed E-state index contributed by atoms with van der Waals surface area (Å²) in [7, 11) is 0. The number of para-hydroxylation sites is 2. The van der Waals surface area contributed by atoms with E-state index >= 15 is 0 Å². The van der Waals surface area contributed by atoms with E-state index in [1.54, 1.807) is 6.07 Å². The number of aldehydes is 1. The largest absolute Gasteiger partial charge is 0.422 e. The van der Waals surface area contributed by atoms with Crippen LogP contribution >= 0.6 is 0 Å². The van der Waals surface area contributed by atoms with E-state index in [4.69, 9.17) is 9.15 Å². The first-order valence-corrected chi connectivity index (χ1v) is 4.67. The maximum atomic E-state index is 10.7. The van der Waals surface area contributed by atoms with Crippen molar-refractivity contribution in [3.05, 3.63) is 52.3 Å². The first-order chi connectivity index (χ1) is 8.20. The lowest BCUT2D eigenvalue weighted by molar-refractivity contribution is -0.385. The predicted octanol–water partition coefficient (Wildman–Crippen LogP) is 2.79. The first-order valence-electron chi connectivity index (χ1n) is 4.67. The van der Waals surface area contributed by atoms with Gasteiger partial charge in [-0.15, -0.1) is 0 Å². The lowest BCUT2D eigenvalue weighted by atomic mass is 10.3. The Kier molecular flexibility index (Phi) is 2.87. The fourth-order valence-corrected chi connectivity index (χ4v) is 1.26. The minimum Gasteiger partial charge on any atom is -0.422 e. The maximum Gasteiger partial charge on any atom is 0.311 e. The molecule has 6 nitrogen and oxygen atoms in total. The first kappa shape index (κ1) is 10.9. The predicted molar refractivity (Wildman–Crippen MR) is 57.3 cm³/mol. The summed E-state index contributed by atoms with van der Waals surface area (Å²) in [6.07, 6.45) is 0.520. The van der Waals surface area contributed by atoms with E-state index < -0.39 is 4.92 Å². The summed E-state index contributed by atoms with van der Waals surface area (Å²) >= 11 is 0. The Bertz CT molecular complexity index is 560. The molecule has 0 amide bonds. The van der Waals surface area contributed by atoms with Crippen LogP contribution in [0.2, 0.25) is 0 Å². The van der Waals surface area contributed by atoms with E-state index in [1.165, 1.54) is 30.3 Å². The molecule has 2 aromatic rings. The third-order valence-electron chi connectivity index (χ3n) is 1.99. The van der Waals surface area contributed by atoms with Crippen molar-refractivity contribution < 1.29 is 18.9 Å². The van der Waals surface area contributed by atoms with Gasteiger partial charge < -0.3 is 9.15 Å². The van der Waals surface area contributed by atoms with Crippen molar-refractivity contribution in [2.75, 3.05) is 0 Å². The number of benzene rings is 1. The molecule has 6 heteroatoms. The van der Waals surface area contributed by atoms with Gasteiger partial charge in [-0.1, -0.05) is 12.1 Å². The van der Waals surface area contributed by atoms with Gasteiger partial charge in [-0.25, -0.2) is 0 Å². The number of rotatable bonds is 4. The molecular weight excluding hydrogens is 226 g/mol. The molecule has 0 spiro atoms. The summed E-state index contributed by atoms with van der Waals surface area (Å²) < 4.78 is 10.1. The van der Waals surface area contributed by atoms with Crippen molar-refractivity contribution in [1.29, 1.82) is 0 Å². The third kappa shape index (κ3) is 2.31. The summed E-state index contributed by atoms with van der Waals surface area (Å²) in [5, 5.41) is 10.7. The number of carbonyl (C=O) groups excluding carboxylic acids is 1. The second kappa shape index (κ2) is 4.48. The molecule has 0 aliphatic rings. The van der Waals surface area contributed by atoms with Crippen molar-refractivity contribution in [2.45, 2.75) is 0 Å². The molecule has 0 fully saturated rings. The Hall–Kier alpha value is -2.63. The monoisotopic (exact) mass is 233 g/mol. The van der Waals surface area contributed by atoms with Crippen LogP contribution in [-0.2, 0) is 0 Å². The van der Waals surface area contributed by atoms with Gasteiger partial charge in [0, 0.05) is 12.1 Å². The molecule has 86 valence electrons. The molecule has 1 aromatic carbocycles. The zero-order valence-electron chi connectivity index (χ0n) is 8.53. The smallest absolute Gasteiger partial charge is 0.311 e. The molecule has 0 atom stereocenters. The average molecular weight is 233 g/mol. The number of ether oxygens (including phenoxy) is 1. The fraction of sp³-hybridized carbons (Fsp3) is 0. The van der Waals surface area contributed by atoms with Gasteiger partial charge in [-0.05, 0) is 12.1 Å². The molecule has 17 heavy (non-hydrogen) atoms. The highest BCUT2D eigenvalue weighted by atomic mass is 16.6. The normalized spacial score (nSPS) is 9.88. The van der Waals surface area contributed by atoms with Crippen molar-refractivity contribution in [1.82, 2.24) is 0 Å². The Labute approximate surface area is 95.6 Å². The van der Waals surface area contributed by atoms with Crippen LogP contribution in [0.1, 0.15) is 10.6 Å². The quantitative estimate of drug-likeness (QED) is 0.460. The van der Waals surface area contributed by atoms with E-state index in [0.29, 0.717) is 6.29 Å². The topological polar surface area (TPSA) is 82.6 Å². The Morgan fingerprint density at radius 3 is 2.65 bits per heavy atom. The van der Waals surface area contributed by atoms with Crippen molar-refractivity contribution in [2.24, 2.45) is 0 Å². The van der Waals surface area contributed by atoms with Gasteiger partial charge in [0.1, 0.15) is 0 Å². The zero-order chi connectivity index (χ0) is 12.3. The van der Waals surface area contributed by atoms with Gasteiger partial charge in [0.2, 0.25) is 5.75 Å². The van der Waals surface area contributed by atoms with Crippen molar-refractivity contribution in [3.8, 4) is 11.7 Å². The zero-order valence-corrected chi connectivity index (χ0v) is 8.53. The molecule has 0 N–H and O–H groups in total. The molecular formula is C11H7NO5. The van der Waals surface area contributed by atoms with Crippen LogP contribution in [0.5, 0.6) is 11.7 Å². The van der Waals surface area contributed by atoms with E-state index in [1.807, 2.05) is 0 Å². The Balaban J connectivity index is 2.29.